The Balaban J connectivity index is 2.72. The normalized spacial score (nSPS) is 25.8. The van der Waals surface area contributed by atoms with Gasteiger partial charge in [0.25, 0.3) is 0 Å². The standard InChI is InChI=1S/C10H17FN2O4/c1-6(11)17-7-3-8(10(15)16-2)13(5-7)9(14)4-12/h6-8H,3-5,12H2,1-2H3/t6?,7-,8+/m1/s1. The molecule has 0 spiro atoms. The van der Waals surface area contributed by atoms with Crippen molar-refractivity contribution in [1.29, 1.82) is 0 Å². The highest BCUT2D eigenvalue weighted by Gasteiger charge is 2.40. The van der Waals surface area contributed by atoms with Crippen LogP contribution in [-0.4, -0.2) is 55.5 Å². The first kappa shape index (κ1) is 13.9. The van der Waals surface area contributed by atoms with Gasteiger partial charge in [0.15, 0.2) is 6.36 Å². The molecule has 2 N–H and O–H groups in total. The van der Waals surface area contributed by atoms with E-state index >= 15 is 0 Å². The Hall–Kier alpha value is -1.21. The summed E-state index contributed by atoms with van der Waals surface area (Å²) in [5.74, 6) is -0.914. The fraction of sp³-hybridized carbons (Fsp3) is 0.800. The Bertz CT molecular complexity index is 274. The third-order valence-electron chi connectivity index (χ3n) is 2.61. The molecule has 98 valence electrons. The van der Waals surface area contributed by atoms with Gasteiger partial charge in [-0.25, -0.2) is 9.18 Å². The lowest BCUT2D eigenvalue weighted by Gasteiger charge is -2.21. The van der Waals surface area contributed by atoms with Crippen LogP contribution in [0.3, 0.4) is 0 Å². The van der Waals surface area contributed by atoms with Crippen molar-refractivity contribution in [3.05, 3.63) is 0 Å². The number of rotatable bonds is 4. The molecule has 1 rings (SSSR count). The number of carbonyl (C=O) groups is 2. The molecule has 1 aliphatic rings. The van der Waals surface area contributed by atoms with Gasteiger partial charge in [-0.2, -0.15) is 0 Å². The lowest BCUT2D eigenvalue weighted by molar-refractivity contribution is -0.150. The number of nitrogens with zero attached hydrogens (tertiary/aromatic N) is 1. The van der Waals surface area contributed by atoms with Crippen molar-refractivity contribution in [1.82, 2.24) is 4.90 Å². The Kier molecular flexibility index (Phi) is 4.83. The topological polar surface area (TPSA) is 81.9 Å². The molecule has 1 unspecified atom stereocenters. The van der Waals surface area contributed by atoms with Crippen molar-refractivity contribution >= 4 is 11.9 Å². The molecule has 7 heteroatoms. The number of nitrogens with two attached hydrogens (primary N) is 1. The molecule has 0 bridgehead atoms. The third-order valence-corrected chi connectivity index (χ3v) is 2.61. The summed E-state index contributed by atoms with van der Waals surface area (Å²) in [5.41, 5.74) is 5.24. The van der Waals surface area contributed by atoms with Crippen LogP contribution in [0, 0.1) is 0 Å². The smallest absolute Gasteiger partial charge is 0.328 e. The van der Waals surface area contributed by atoms with Crippen molar-refractivity contribution in [2.75, 3.05) is 20.2 Å². The second kappa shape index (κ2) is 5.92. The second-order valence-corrected chi connectivity index (χ2v) is 3.83. The highest BCUT2D eigenvalue weighted by molar-refractivity contribution is 5.86. The van der Waals surface area contributed by atoms with Gasteiger partial charge in [-0.1, -0.05) is 0 Å². The number of methoxy groups -OCH3 is 1. The first-order valence-electron chi connectivity index (χ1n) is 5.36. The number of halogens is 1. The van der Waals surface area contributed by atoms with E-state index in [0.29, 0.717) is 0 Å². The molecule has 3 atom stereocenters. The van der Waals surface area contributed by atoms with E-state index < -0.39 is 24.5 Å². The zero-order valence-corrected chi connectivity index (χ0v) is 9.89. The Labute approximate surface area is 98.8 Å². The minimum atomic E-state index is -1.44. The zero-order chi connectivity index (χ0) is 13.0. The minimum Gasteiger partial charge on any atom is -0.467 e. The molecule has 0 aliphatic carbocycles. The number of hydrogen-bond donors (Lipinski definition) is 1. The van der Waals surface area contributed by atoms with Crippen molar-refractivity contribution in [3.8, 4) is 0 Å². The third kappa shape index (κ3) is 3.37. The van der Waals surface area contributed by atoms with E-state index in [4.69, 9.17) is 10.5 Å². The van der Waals surface area contributed by atoms with Crippen LogP contribution in [0.15, 0.2) is 0 Å². The number of ether oxygens (including phenoxy) is 2. The second-order valence-electron chi connectivity index (χ2n) is 3.83. The molecule has 1 fully saturated rings. The van der Waals surface area contributed by atoms with Crippen molar-refractivity contribution in [3.63, 3.8) is 0 Å². The number of amides is 1. The fourth-order valence-corrected chi connectivity index (χ4v) is 1.91. The SMILES string of the molecule is COC(=O)[C@@H]1C[C@@H](OC(C)F)CN1C(=O)CN. The summed E-state index contributed by atoms with van der Waals surface area (Å²) in [5, 5.41) is 0. The highest BCUT2D eigenvalue weighted by Crippen LogP contribution is 2.22. The highest BCUT2D eigenvalue weighted by atomic mass is 19.1. The Morgan fingerprint density at radius 2 is 2.24 bits per heavy atom. The van der Waals surface area contributed by atoms with Crippen molar-refractivity contribution in [2.45, 2.75) is 31.8 Å². The summed E-state index contributed by atoms with van der Waals surface area (Å²) in [6.45, 7) is 1.20. The summed E-state index contributed by atoms with van der Waals surface area (Å²) in [4.78, 5) is 24.3. The maximum Gasteiger partial charge on any atom is 0.328 e. The minimum absolute atomic E-state index is 0.157. The van der Waals surface area contributed by atoms with E-state index in [1.807, 2.05) is 0 Å². The number of esters is 1. The van der Waals surface area contributed by atoms with Crippen LogP contribution in [0.25, 0.3) is 0 Å². The van der Waals surface area contributed by atoms with Gasteiger partial charge in [0, 0.05) is 13.0 Å². The number of likely N-dealkylation sites (tertiary alicyclic amines) is 1. The molecule has 0 saturated carbocycles. The molecule has 1 saturated heterocycles. The average molecular weight is 248 g/mol. The van der Waals surface area contributed by atoms with Crippen molar-refractivity contribution < 1.29 is 23.5 Å². The zero-order valence-electron chi connectivity index (χ0n) is 9.89. The molecule has 1 amide bonds. The van der Waals surface area contributed by atoms with E-state index in [1.165, 1.54) is 18.9 Å². The van der Waals surface area contributed by atoms with Crippen LogP contribution < -0.4 is 5.73 Å². The molecule has 0 aromatic carbocycles. The first-order valence-corrected chi connectivity index (χ1v) is 5.36. The Morgan fingerprint density at radius 3 is 2.71 bits per heavy atom. The monoisotopic (exact) mass is 248 g/mol. The molecule has 17 heavy (non-hydrogen) atoms. The fourth-order valence-electron chi connectivity index (χ4n) is 1.91. The van der Waals surface area contributed by atoms with E-state index in [9.17, 15) is 14.0 Å². The van der Waals surface area contributed by atoms with Crippen LogP contribution >= 0.6 is 0 Å². The summed E-state index contributed by atoms with van der Waals surface area (Å²) in [6, 6.07) is -0.736. The van der Waals surface area contributed by atoms with Gasteiger partial charge in [0.1, 0.15) is 6.04 Å². The van der Waals surface area contributed by atoms with Crippen molar-refractivity contribution in [2.24, 2.45) is 5.73 Å². The van der Waals surface area contributed by atoms with Crippen LogP contribution in [0.5, 0.6) is 0 Å². The van der Waals surface area contributed by atoms with E-state index in [-0.39, 0.29) is 25.4 Å². The maximum atomic E-state index is 12.7. The van der Waals surface area contributed by atoms with Gasteiger partial charge >= 0.3 is 5.97 Å². The molecular weight excluding hydrogens is 231 g/mol. The molecule has 1 heterocycles. The number of alkyl halides is 1. The van der Waals surface area contributed by atoms with Crippen LogP contribution in [0.1, 0.15) is 13.3 Å². The molecule has 6 nitrogen and oxygen atoms in total. The predicted molar refractivity (Wildman–Crippen MR) is 56.6 cm³/mol. The van der Waals surface area contributed by atoms with Gasteiger partial charge in [0.2, 0.25) is 5.91 Å². The van der Waals surface area contributed by atoms with Gasteiger partial charge in [-0.05, 0) is 6.92 Å². The van der Waals surface area contributed by atoms with Gasteiger partial charge in [-0.15, -0.1) is 0 Å². The van der Waals surface area contributed by atoms with Gasteiger partial charge < -0.3 is 20.1 Å². The van der Waals surface area contributed by atoms with E-state index in [2.05, 4.69) is 4.74 Å². The lowest BCUT2D eigenvalue weighted by Crippen LogP contribution is -2.44. The van der Waals surface area contributed by atoms with Crippen LogP contribution in [0.2, 0.25) is 0 Å². The van der Waals surface area contributed by atoms with Crippen LogP contribution in [-0.2, 0) is 19.1 Å². The summed E-state index contributed by atoms with van der Waals surface area (Å²) in [7, 11) is 1.24. The molecular formula is C10H17FN2O4. The lowest BCUT2D eigenvalue weighted by atomic mass is 10.2. The quantitative estimate of drug-likeness (QED) is 0.673. The molecule has 0 radical (unpaired) electrons. The largest absolute Gasteiger partial charge is 0.467 e. The molecule has 0 aromatic heterocycles. The first-order chi connectivity index (χ1) is 7.99. The summed E-state index contributed by atoms with van der Waals surface area (Å²) < 4.78 is 22.2. The predicted octanol–water partition coefficient (Wildman–Crippen LogP) is -0.580. The summed E-state index contributed by atoms with van der Waals surface area (Å²) in [6.07, 6.45) is -1.71. The van der Waals surface area contributed by atoms with Gasteiger partial charge in [-0.3, -0.25) is 4.79 Å². The number of hydrogen-bond acceptors (Lipinski definition) is 5. The van der Waals surface area contributed by atoms with E-state index in [0.717, 1.165) is 0 Å². The molecule has 1 aliphatic heterocycles. The Morgan fingerprint density at radius 1 is 1.59 bits per heavy atom. The molecule has 0 aromatic rings. The van der Waals surface area contributed by atoms with Crippen LogP contribution in [0.4, 0.5) is 4.39 Å². The van der Waals surface area contributed by atoms with Gasteiger partial charge in [0.05, 0.1) is 19.8 Å². The maximum absolute atomic E-state index is 12.7. The number of carbonyl (C=O) groups excluding carboxylic acids is 2. The summed E-state index contributed by atoms with van der Waals surface area (Å²) >= 11 is 0. The van der Waals surface area contributed by atoms with E-state index in [1.54, 1.807) is 0 Å². The average Bonchev–Trinajstić information content (AvgIpc) is 2.69.